The minimum absolute atomic E-state index is 0.194. The molecule has 0 fully saturated rings. The summed E-state index contributed by atoms with van der Waals surface area (Å²) in [6.07, 6.45) is 4.44. The van der Waals surface area contributed by atoms with Crippen LogP contribution in [0.3, 0.4) is 0 Å². The van der Waals surface area contributed by atoms with Crippen molar-refractivity contribution in [3.63, 3.8) is 0 Å². The second-order valence-corrected chi connectivity index (χ2v) is 10.1. The van der Waals surface area contributed by atoms with E-state index in [1.165, 1.54) is 21.2 Å². The van der Waals surface area contributed by atoms with Gasteiger partial charge in [0, 0.05) is 17.8 Å². The molecule has 2 heterocycles. The number of thiophene rings is 1. The molecule has 3 aromatic rings. The fourth-order valence-electron chi connectivity index (χ4n) is 4.82. The van der Waals surface area contributed by atoms with Gasteiger partial charge in [-0.1, -0.05) is 0 Å². The normalized spacial score (nSPS) is 13.7. The first-order valence-electron chi connectivity index (χ1n) is 12.3. The van der Waals surface area contributed by atoms with Crippen molar-refractivity contribution in [1.82, 2.24) is 9.80 Å². The summed E-state index contributed by atoms with van der Waals surface area (Å²) in [5.41, 5.74) is 3.64. The first-order chi connectivity index (χ1) is 17.0. The number of methoxy groups -OCH3 is 3. The fourth-order valence-corrected chi connectivity index (χ4v) is 5.84. The quantitative estimate of drug-likeness (QED) is 0.381. The molecule has 1 amide bonds. The van der Waals surface area contributed by atoms with Gasteiger partial charge in [-0.25, -0.2) is 0 Å². The summed E-state index contributed by atoms with van der Waals surface area (Å²) in [7, 11) is 7.16. The molecule has 0 radical (unpaired) electrons. The van der Waals surface area contributed by atoms with Gasteiger partial charge in [0.05, 0.1) is 27.8 Å². The molecule has 0 bridgehead atoms. The van der Waals surface area contributed by atoms with Crippen LogP contribution in [0.5, 0.6) is 17.2 Å². The highest BCUT2D eigenvalue weighted by molar-refractivity contribution is 7.17. The highest BCUT2D eigenvalue weighted by atomic mass is 32.1. The second kappa shape index (κ2) is 11.8. The molecule has 2 aromatic carbocycles. The Morgan fingerprint density at radius 2 is 1.71 bits per heavy atom. The molecule has 7 heteroatoms. The van der Waals surface area contributed by atoms with Crippen LogP contribution in [0.15, 0.2) is 35.7 Å². The molecule has 6 nitrogen and oxygen atoms in total. The van der Waals surface area contributed by atoms with Gasteiger partial charge in [0.1, 0.15) is 5.75 Å². The molecule has 4 rings (SSSR count). The zero-order valence-corrected chi connectivity index (χ0v) is 22.1. The van der Waals surface area contributed by atoms with Crippen LogP contribution < -0.4 is 14.2 Å². The summed E-state index contributed by atoms with van der Waals surface area (Å²) in [4.78, 5) is 17.3. The zero-order valence-electron chi connectivity index (χ0n) is 21.3. The van der Waals surface area contributed by atoms with E-state index in [0.29, 0.717) is 12.2 Å². The SMILES string of the molecule is COc1ccc2c(CCCN(C)CCCN3CCc4cc(OC)c(OC)cc4CC3=O)csc2c1. The van der Waals surface area contributed by atoms with Gasteiger partial charge in [0.2, 0.25) is 5.91 Å². The third-order valence-electron chi connectivity index (χ3n) is 6.87. The Morgan fingerprint density at radius 3 is 2.46 bits per heavy atom. The molecule has 0 spiro atoms. The van der Waals surface area contributed by atoms with Gasteiger partial charge < -0.3 is 24.0 Å². The average Bonchev–Trinajstić information content (AvgIpc) is 3.20. The van der Waals surface area contributed by atoms with Crippen molar-refractivity contribution < 1.29 is 19.0 Å². The maximum absolute atomic E-state index is 12.9. The predicted octanol–water partition coefficient (Wildman–Crippen LogP) is 4.81. The van der Waals surface area contributed by atoms with Gasteiger partial charge in [-0.15, -0.1) is 11.3 Å². The topological polar surface area (TPSA) is 51.2 Å². The Morgan fingerprint density at radius 1 is 0.971 bits per heavy atom. The first kappa shape index (κ1) is 25.3. The Bertz CT molecular complexity index is 1160. The van der Waals surface area contributed by atoms with Crippen LogP contribution in [0.25, 0.3) is 10.1 Å². The summed E-state index contributed by atoms with van der Waals surface area (Å²) in [6, 6.07) is 10.3. The predicted molar refractivity (Wildman–Crippen MR) is 142 cm³/mol. The first-order valence-corrected chi connectivity index (χ1v) is 13.1. The van der Waals surface area contributed by atoms with E-state index in [1.807, 2.05) is 23.1 Å². The lowest BCUT2D eigenvalue weighted by Gasteiger charge is -2.22. The summed E-state index contributed by atoms with van der Waals surface area (Å²) >= 11 is 1.79. The Labute approximate surface area is 212 Å². The number of nitrogens with zero attached hydrogens (tertiary/aromatic N) is 2. The van der Waals surface area contributed by atoms with Crippen molar-refractivity contribution in [2.24, 2.45) is 0 Å². The number of amides is 1. The van der Waals surface area contributed by atoms with Gasteiger partial charge >= 0.3 is 0 Å². The van der Waals surface area contributed by atoms with E-state index in [4.69, 9.17) is 14.2 Å². The van der Waals surface area contributed by atoms with Crippen LogP contribution >= 0.6 is 11.3 Å². The van der Waals surface area contributed by atoms with E-state index in [-0.39, 0.29) is 5.91 Å². The fraction of sp³-hybridized carbons (Fsp3) is 0.464. The summed E-state index contributed by atoms with van der Waals surface area (Å²) in [5, 5.41) is 3.62. The maximum atomic E-state index is 12.9. The maximum Gasteiger partial charge on any atom is 0.227 e. The Kier molecular flexibility index (Phi) is 8.52. The van der Waals surface area contributed by atoms with Crippen LogP contribution in [0.1, 0.15) is 29.5 Å². The monoisotopic (exact) mass is 496 g/mol. The third-order valence-corrected chi connectivity index (χ3v) is 7.86. The van der Waals surface area contributed by atoms with Gasteiger partial charge in [0.25, 0.3) is 0 Å². The number of ether oxygens (including phenoxy) is 3. The van der Waals surface area contributed by atoms with E-state index in [1.54, 1.807) is 32.7 Å². The van der Waals surface area contributed by atoms with Crippen LogP contribution in [0.2, 0.25) is 0 Å². The van der Waals surface area contributed by atoms with E-state index in [2.05, 4.69) is 29.5 Å². The smallest absolute Gasteiger partial charge is 0.227 e. The van der Waals surface area contributed by atoms with Crippen molar-refractivity contribution in [3.8, 4) is 17.2 Å². The van der Waals surface area contributed by atoms with Crippen molar-refractivity contribution >= 4 is 27.3 Å². The number of carbonyl (C=O) groups is 1. The van der Waals surface area contributed by atoms with Crippen molar-refractivity contribution in [2.45, 2.75) is 32.1 Å². The van der Waals surface area contributed by atoms with E-state index < -0.39 is 0 Å². The number of aryl methyl sites for hydroxylation is 1. The van der Waals surface area contributed by atoms with Gasteiger partial charge in [-0.2, -0.15) is 0 Å². The number of fused-ring (bicyclic) bond motifs is 2. The van der Waals surface area contributed by atoms with Gasteiger partial charge in [-0.05, 0) is 104 Å². The lowest BCUT2D eigenvalue weighted by molar-refractivity contribution is -0.130. The summed E-state index contributed by atoms with van der Waals surface area (Å²) in [5.74, 6) is 2.52. The minimum atomic E-state index is 0.194. The second-order valence-electron chi connectivity index (χ2n) is 9.17. The number of hydrogen-bond acceptors (Lipinski definition) is 6. The molecule has 35 heavy (non-hydrogen) atoms. The lowest BCUT2D eigenvalue weighted by atomic mass is 10.0. The molecule has 0 saturated heterocycles. The average molecular weight is 497 g/mol. The highest BCUT2D eigenvalue weighted by Crippen LogP contribution is 2.33. The summed E-state index contributed by atoms with van der Waals surface area (Å²) in [6.45, 7) is 3.58. The number of rotatable bonds is 11. The van der Waals surface area contributed by atoms with Crippen molar-refractivity contribution in [1.29, 1.82) is 0 Å². The molecule has 0 unspecified atom stereocenters. The number of hydrogen-bond donors (Lipinski definition) is 0. The molecule has 1 aliphatic rings. The molecule has 1 aliphatic heterocycles. The molecule has 0 saturated carbocycles. The molecule has 0 aliphatic carbocycles. The van der Waals surface area contributed by atoms with Crippen LogP contribution in [-0.2, 0) is 24.1 Å². The standard InChI is InChI=1S/C28H36N2O4S/c1-29(11-5-7-21-19-35-27-18-23(32-2)8-9-24(21)27)12-6-13-30-14-10-20-15-25(33-3)26(34-4)16-22(20)17-28(30)31/h8-9,15-16,18-19H,5-7,10-14,17H2,1-4H3. The summed E-state index contributed by atoms with van der Waals surface area (Å²) < 4.78 is 17.5. The van der Waals surface area contributed by atoms with E-state index >= 15 is 0 Å². The van der Waals surface area contributed by atoms with Gasteiger partial charge in [0.15, 0.2) is 11.5 Å². The number of carbonyl (C=O) groups excluding carboxylic acids is 1. The molecule has 188 valence electrons. The molecule has 1 aromatic heterocycles. The number of benzene rings is 2. The van der Waals surface area contributed by atoms with Gasteiger partial charge in [-0.3, -0.25) is 4.79 Å². The molecule has 0 atom stereocenters. The van der Waals surface area contributed by atoms with Crippen molar-refractivity contribution in [2.75, 3.05) is 54.6 Å². The van der Waals surface area contributed by atoms with E-state index in [9.17, 15) is 4.79 Å². The minimum Gasteiger partial charge on any atom is -0.497 e. The molecular weight excluding hydrogens is 460 g/mol. The largest absolute Gasteiger partial charge is 0.497 e. The third kappa shape index (κ3) is 6.08. The highest BCUT2D eigenvalue weighted by Gasteiger charge is 2.22. The van der Waals surface area contributed by atoms with Crippen LogP contribution in [0, 0.1) is 0 Å². The van der Waals surface area contributed by atoms with Crippen LogP contribution in [0.4, 0.5) is 0 Å². The molecular formula is C28H36N2O4S. The Balaban J connectivity index is 1.22. The van der Waals surface area contributed by atoms with E-state index in [0.717, 1.165) is 68.9 Å². The Hall–Kier alpha value is -2.77. The lowest BCUT2D eigenvalue weighted by Crippen LogP contribution is -2.35. The van der Waals surface area contributed by atoms with Crippen molar-refractivity contribution in [3.05, 3.63) is 52.4 Å². The molecule has 0 N–H and O–H groups in total. The zero-order chi connectivity index (χ0) is 24.8. The van der Waals surface area contributed by atoms with Crippen LogP contribution in [-0.4, -0.2) is 70.3 Å².